The zero-order valence-electron chi connectivity index (χ0n) is 12.9. The molecule has 0 fully saturated rings. The van der Waals surface area contributed by atoms with Gasteiger partial charge in [0.2, 0.25) is 5.91 Å². The summed E-state index contributed by atoms with van der Waals surface area (Å²) < 4.78 is 6.53. The standard InChI is InChI=1S/C18H20BrNO2/c1-18(2,14-5-7-15(19)8-6-14)17(21)20-10-3-4-16-13(12-20)9-11-22-16/h5-9,11H,3-4,10,12H2,1-2H3. The first-order valence-corrected chi connectivity index (χ1v) is 8.38. The summed E-state index contributed by atoms with van der Waals surface area (Å²) in [7, 11) is 0. The Balaban J connectivity index is 1.84. The van der Waals surface area contributed by atoms with E-state index < -0.39 is 5.41 Å². The minimum absolute atomic E-state index is 0.170. The van der Waals surface area contributed by atoms with E-state index in [9.17, 15) is 4.79 Å². The van der Waals surface area contributed by atoms with Gasteiger partial charge in [0.15, 0.2) is 0 Å². The van der Waals surface area contributed by atoms with E-state index in [1.54, 1.807) is 6.26 Å². The number of rotatable bonds is 2. The highest BCUT2D eigenvalue weighted by Gasteiger charge is 2.34. The number of carbonyl (C=O) groups excluding carboxylic acids is 1. The van der Waals surface area contributed by atoms with Gasteiger partial charge in [-0.1, -0.05) is 28.1 Å². The highest BCUT2D eigenvalue weighted by atomic mass is 79.9. The van der Waals surface area contributed by atoms with E-state index >= 15 is 0 Å². The number of hydrogen-bond donors (Lipinski definition) is 0. The lowest BCUT2D eigenvalue weighted by Crippen LogP contribution is -2.43. The predicted octanol–water partition coefficient (Wildman–Crippen LogP) is 4.29. The monoisotopic (exact) mass is 361 g/mol. The van der Waals surface area contributed by atoms with Gasteiger partial charge in [0.25, 0.3) is 0 Å². The lowest BCUT2D eigenvalue weighted by molar-refractivity contribution is -0.136. The molecule has 3 rings (SSSR count). The molecule has 2 aromatic rings. The molecule has 1 aliphatic rings. The first-order valence-electron chi connectivity index (χ1n) is 7.59. The van der Waals surface area contributed by atoms with Crippen molar-refractivity contribution < 1.29 is 9.21 Å². The minimum Gasteiger partial charge on any atom is -0.469 e. The minimum atomic E-state index is -0.533. The smallest absolute Gasteiger partial charge is 0.232 e. The number of fused-ring (bicyclic) bond motifs is 1. The van der Waals surface area contributed by atoms with E-state index in [0.29, 0.717) is 6.54 Å². The first kappa shape index (κ1) is 15.3. The van der Waals surface area contributed by atoms with Gasteiger partial charge in [0, 0.05) is 29.5 Å². The van der Waals surface area contributed by atoms with Gasteiger partial charge in [-0.2, -0.15) is 0 Å². The van der Waals surface area contributed by atoms with Crippen LogP contribution in [0.15, 0.2) is 45.5 Å². The van der Waals surface area contributed by atoms with Gasteiger partial charge in [-0.3, -0.25) is 4.79 Å². The Morgan fingerprint density at radius 1 is 1.23 bits per heavy atom. The molecule has 0 aliphatic carbocycles. The van der Waals surface area contributed by atoms with E-state index in [1.807, 2.05) is 49.1 Å². The normalized spacial score (nSPS) is 15.3. The summed E-state index contributed by atoms with van der Waals surface area (Å²) in [6, 6.07) is 9.99. The highest BCUT2D eigenvalue weighted by Crippen LogP contribution is 2.29. The maximum absolute atomic E-state index is 13.1. The first-order chi connectivity index (χ1) is 10.5. The average Bonchev–Trinajstić information content (AvgIpc) is 2.84. The SMILES string of the molecule is CC(C)(C(=O)N1CCCc2occc2C1)c1ccc(Br)cc1. The molecule has 0 saturated heterocycles. The largest absolute Gasteiger partial charge is 0.469 e. The fourth-order valence-corrected chi connectivity index (χ4v) is 3.27. The Morgan fingerprint density at radius 3 is 2.68 bits per heavy atom. The highest BCUT2D eigenvalue weighted by molar-refractivity contribution is 9.10. The molecule has 0 radical (unpaired) electrons. The van der Waals surface area contributed by atoms with E-state index in [2.05, 4.69) is 15.9 Å². The molecule has 0 saturated carbocycles. The number of aryl methyl sites for hydroxylation is 1. The molecule has 116 valence electrons. The Morgan fingerprint density at radius 2 is 1.95 bits per heavy atom. The Labute approximate surface area is 139 Å². The molecule has 1 amide bonds. The summed E-state index contributed by atoms with van der Waals surface area (Å²) in [6.45, 7) is 5.42. The van der Waals surface area contributed by atoms with Crippen molar-refractivity contribution in [2.45, 2.75) is 38.6 Å². The van der Waals surface area contributed by atoms with Crippen molar-refractivity contribution >= 4 is 21.8 Å². The summed E-state index contributed by atoms with van der Waals surface area (Å²) in [5.74, 6) is 1.20. The number of halogens is 1. The van der Waals surface area contributed by atoms with Gasteiger partial charge in [0.05, 0.1) is 11.7 Å². The fraction of sp³-hybridized carbons (Fsp3) is 0.389. The third kappa shape index (κ3) is 2.84. The molecule has 0 bridgehead atoms. The number of benzene rings is 1. The molecule has 22 heavy (non-hydrogen) atoms. The Kier molecular flexibility index (Phi) is 4.13. The lowest BCUT2D eigenvalue weighted by Gasteiger charge is -2.31. The van der Waals surface area contributed by atoms with Crippen LogP contribution < -0.4 is 0 Å². The molecule has 1 aliphatic heterocycles. The second kappa shape index (κ2) is 5.92. The molecule has 0 atom stereocenters. The number of amides is 1. The van der Waals surface area contributed by atoms with Crippen molar-refractivity contribution in [2.75, 3.05) is 6.54 Å². The van der Waals surface area contributed by atoms with Crippen molar-refractivity contribution in [1.82, 2.24) is 4.90 Å². The van der Waals surface area contributed by atoms with Crippen LogP contribution in [0.3, 0.4) is 0 Å². The molecule has 0 unspecified atom stereocenters. The van der Waals surface area contributed by atoms with E-state index in [0.717, 1.165) is 40.7 Å². The predicted molar refractivity (Wildman–Crippen MR) is 89.6 cm³/mol. The molecule has 1 aromatic heterocycles. The second-order valence-corrected chi connectivity index (χ2v) is 7.25. The third-order valence-corrected chi connectivity index (χ3v) is 4.95. The molecular weight excluding hydrogens is 342 g/mol. The van der Waals surface area contributed by atoms with Gasteiger partial charge in [0.1, 0.15) is 5.76 Å². The fourth-order valence-electron chi connectivity index (χ4n) is 3.00. The van der Waals surface area contributed by atoms with E-state index in [1.165, 1.54) is 0 Å². The zero-order chi connectivity index (χ0) is 15.7. The van der Waals surface area contributed by atoms with Crippen LogP contribution in [-0.4, -0.2) is 17.4 Å². The molecule has 2 heterocycles. The summed E-state index contributed by atoms with van der Waals surface area (Å²) in [5.41, 5.74) is 1.64. The maximum atomic E-state index is 13.1. The maximum Gasteiger partial charge on any atom is 0.232 e. The Hall–Kier alpha value is -1.55. The van der Waals surface area contributed by atoms with Crippen LogP contribution in [0.1, 0.15) is 37.2 Å². The molecule has 4 heteroatoms. The molecule has 1 aromatic carbocycles. The van der Waals surface area contributed by atoms with Crippen LogP contribution in [0.25, 0.3) is 0 Å². The molecule has 0 N–H and O–H groups in total. The van der Waals surface area contributed by atoms with Gasteiger partial charge < -0.3 is 9.32 Å². The molecule has 3 nitrogen and oxygen atoms in total. The van der Waals surface area contributed by atoms with Gasteiger partial charge in [-0.15, -0.1) is 0 Å². The van der Waals surface area contributed by atoms with Crippen LogP contribution in [-0.2, 0) is 23.2 Å². The van der Waals surface area contributed by atoms with Gasteiger partial charge in [-0.05, 0) is 44.0 Å². The van der Waals surface area contributed by atoms with Crippen molar-refractivity contribution in [1.29, 1.82) is 0 Å². The number of furan rings is 1. The van der Waals surface area contributed by atoms with Crippen LogP contribution in [0.4, 0.5) is 0 Å². The molecular formula is C18H20BrNO2. The van der Waals surface area contributed by atoms with Crippen LogP contribution in [0.2, 0.25) is 0 Å². The van der Waals surface area contributed by atoms with Gasteiger partial charge in [-0.25, -0.2) is 0 Å². The zero-order valence-corrected chi connectivity index (χ0v) is 14.5. The van der Waals surface area contributed by atoms with Gasteiger partial charge >= 0.3 is 0 Å². The number of carbonyl (C=O) groups is 1. The number of hydrogen-bond acceptors (Lipinski definition) is 2. The van der Waals surface area contributed by atoms with Crippen LogP contribution >= 0.6 is 15.9 Å². The lowest BCUT2D eigenvalue weighted by atomic mass is 9.83. The summed E-state index contributed by atoms with van der Waals surface area (Å²) in [5, 5.41) is 0. The van der Waals surface area contributed by atoms with Crippen molar-refractivity contribution in [2.24, 2.45) is 0 Å². The summed E-state index contributed by atoms with van der Waals surface area (Å²) >= 11 is 3.44. The van der Waals surface area contributed by atoms with Crippen LogP contribution in [0, 0.1) is 0 Å². The third-order valence-electron chi connectivity index (χ3n) is 4.42. The van der Waals surface area contributed by atoms with Crippen molar-refractivity contribution in [3.8, 4) is 0 Å². The van der Waals surface area contributed by atoms with Crippen LogP contribution in [0.5, 0.6) is 0 Å². The average molecular weight is 362 g/mol. The van der Waals surface area contributed by atoms with Crippen molar-refractivity contribution in [3.05, 3.63) is 58.0 Å². The van der Waals surface area contributed by atoms with E-state index in [-0.39, 0.29) is 5.91 Å². The summed E-state index contributed by atoms with van der Waals surface area (Å²) in [4.78, 5) is 15.0. The molecule has 0 spiro atoms. The topological polar surface area (TPSA) is 33.5 Å². The summed E-state index contributed by atoms with van der Waals surface area (Å²) in [6.07, 6.45) is 3.58. The second-order valence-electron chi connectivity index (χ2n) is 6.33. The van der Waals surface area contributed by atoms with Crippen molar-refractivity contribution in [3.63, 3.8) is 0 Å². The van der Waals surface area contributed by atoms with E-state index in [4.69, 9.17) is 4.42 Å². The quantitative estimate of drug-likeness (QED) is 0.798. The Bertz CT molecular complexity index is 673. The number of nitrogens with zero attached hydrogens (tertiary/aromatic N) is 1.